The summed E-state index contributed by atoms with van der Waals surface area (Å²) in [6.45, 7) is 6.87. The summed E-state index contributed by atoms with van der Waals surface area (Å²) in [5.74, 6) is 0. The zero-order chi connectivity index (χ0) is 24.1. The Morgan fingerprint density at radius 3 is 2.57 bits per heavy atom. The topological polar surface area (TPSA) is 37.3 Å². The van der Waals surface area contributed by atoms with Crippen LogP contribution in [0.15, 0.2) is 60.8 Å². The third-order valence-electron chi connectivity index (χ3n) is 7.68. The van der Waals surface area contributed by atoms with Gasteiger partial charge in [0.2, 0.25) is 0 Å². The number of hydrogen-bond donors (Lipinski definition) is 1. The Labute approximate surface area is 211 Å². The molecule has 1 unspecified atom stereocenters. The molecule has 0 radical (unpaired) electrons. The highest BCUT2D eigenvalue weighted by molar-refractivity contribution is 7.15. The molecule has 35 heavy (non-hydrogen) atoms. The third-order valence-corrected chi connectivity index (χ3v) is 9.01. The van der Waals surface area contributed by atoms with Gasteiger partial charge in [-0.05, 0) is 86.9 Å². The van der Waals surface area contributed by atoms with Gasteiger partial charge in [0.15, 0.2) is 0 Å². The summed E-state index contributed by atoms with van der Waals surface area (Å²) in [5.41, 5.74) is 9.47. The number of anilines is 1. The van der Waals surface area contributed by atoms with E-state index in [-0.39, 0.29) is 12.1 Å². The third kappa shape index (κ3) is 3.79. The molecule has 1 N–H and O–H groups in total. The maximum Gasteiger partial charge on any atom is 0.322 e. The number of nitrogens with one attached hydrogen (secondary N) is 1. The fraction of sp³-hybridized carbons (Fsp3) is 0.300. The van der Waals surface area contributed by atoms with Gasteiger partial charge in [-0.2, -0.15) is 0 Å². The summed E-state index contributed by atoms with van der Waals surface area (Å²) in [6.07, 6.45) is 6.92. The minimum Gasteiger partial charge on any atom is -0.310 e. The second kappa shape index (κ2) is 8.72. The summed E-state index contributed by atoms with van der Waals surface area (Å²) in [6, 6.07) is 18.8. The first-order valence-electron chi connectivity index (χ1n) is 12.5. The number of carbonyl (C=O) groups is 1. The molecule has 1 aliphatic heterocycles. The number of nitrogens with zero attached hydrogens (tertiary/aromatic N) is 2. The molecule has 0 spiro atoms. The Kier molecular flexibility index (Phi) is 5.53. The lowest BCUT2D eigenvalue weighted by molar-refractivity contribution is 0.194. The largest absolute Gasteiger partial charge is 0.322 e. The summed E-state index contributed by atoms with van der Waals surface area (Å²) in [4.78, 5) is 17.6. The first kappa shape index (κ1) is 22.2. The Morgan fingerprint density at radius 2 is 1.74 bits per heavy atom. The molecule has 0 fully saturated rings. The number of rotatable bonds is 2. The van der Waals surface area contributed by atoms with E-state index in [1.807, 2.05) is 28.4 Å². The lowest BCUT2D eigenvalue weighted by Crippen LogP contribution is -2.38. The quantitative estimate of drug-likeness (QED) is 0.317. The van der Waals surface area contributed by atoms with E-state index in [0.29, 0.717) is 6.54 Å². The summed E-state index contributed by atoms with van der Waals surface area (Å²) in [5, 5.41) is 4.55. The summed E-state index contributed by atoms with van der Waals surface area (Å²) >= 11 is 1.92. The molecular formula is C30H31N3OS. The van der Waals surface area contributed by atoms with E-state index >= 15 is 0 Å². The van der Waals surface area contributed by atoms with Gasteiger partial charge in [0.1, 0.15) is 5.00 Å². The monoisotopic (exact) mass is 481 g/mol. The smallest absolute Gasteiger partial charge is 0.310 e. The molecule has 6 rings (SSSR count). The van der Waals surface area contributed by atoms with Crippen LogP contribution in [-0.2, 0) is 19.4 Å². The Balaban J connectivity index is 1.50. The zero-order valence-corrected chi connectivity index (χ0v) is 21.4. The van der Waals surface area contributed by atoms with Gasteiger partial charge >= 0.3 is 6.03 Å². The van der Waals surface area contributed by atoms with Gasteiger partial charge in [0, 0.05) is 22.3 Å². The average Bonchev–Trinajstić information content (AvgIpc) is 3.45. The number of amides is 2. The van der Waals surface area contributed by atoms with Crippen LogP contribution in [0.25, 0.3) is 5.00 Å². The molecule has 0 saturated carbocycles. The van der Waals surface area contributed by atoms with E-state index in [2.05, 4.69) is 79.3 Å². The number of fused-ring (bicyclic) bond motifs is 5. The highest BCUT2D eigenvalue weighted by Crippen LogP contribution is 2.44. The molecule has 3 heterocycles. The van der Waals surface area contributed by atoms with Crippen molar-refractivity contribution in [2.45, 2.75) is 59.0 Å². The number of aryl methyl sites for hydroxylation is 3. The summed E-state index contributed by atoms with van der Waals surface area (Å²) in [7, 11) is 0. The Bertz CT molecular complexity index is 1410. The van der Waals surface area contributed by atoms with Crippen LogP contribution in [0, 0.1) is 20.8 Å². The zero-order valence-electron chi connectivity index (χ0n) is 20.6. The molecular weight excluding hydrogens is 450 g/mol. The highest BCUT2D eigenvalue weighted by Gasteiger charge is 2.36. The summed E-state index contributed by atoms with van der Waals surface area (Å²) < 4.78 is 2.34. The van der Waals surface area contributed by atoms with Gasteiger partial charge in [-0.1, -0.05) is 42.0 Å². The van der Waals surface area contributed by atoms with Crippen molar-refractivity contribution in [3.05, 3.63) is 105 Å². The maximum atomic E-state index is 14.1. The second-order valence-corrected chi connectivity index (χ2v) is 11.0. The number of thiophene rings is 1. The van der Waals surface area contributed by atoms with Crippen molar-refractivity contribution < 1.29 is 4.79 Å². The van der Waals surface area contributed by atoms with Crippen LogP contribution in [0.5, 0.6) is 0 Å². The molecule has 1 aliphatic carbocycles. The molecule has 2 amide bonds. The predicted molar refractivity (Wildman–Crippen MR) is 144 cm³/mol. The van der Waals surface area contributed by atoms with Gasteiger partial charge in [0.05, 0.1) is 18.3 Å². The lowest BCUT2D eigenvalue weighted by atomic mass is 9.95. The Hall–Kier alpha value is -3.31. The predicted octanol–water partition coefficient (Wildman–Crippen LogP) is 7.48. The lowest BCUT2D eigenvalue weighted by Gasteiger charge is -2.32. The van der Waals surface area contributed by atoms with Gasteiger partial charge in [-0.25, -0.2) is 4.79 Å². The SMILES string of the molecule is Cc1ccc(C2c3cccn3-c3sc4c(c3CN2C(=O)Nc2cccc(C)c2C)CCCC4)cc1. The van der Waals surface area contributed by atoms with E-state index in [9.17, 15) is 4.79 Å². The molecule has 4 aromatic rings. The van der Waals surface area contributed by atoms with Crippen molar-refractivity contribution in [1.29, 1.82) is 0 Å². The molecule has 2 aromatic heterocycles. The van der Waals surface area contributed by atoms with Gasteiger partial charge < -0.3 is 14.8 Å². The van der Waals surface area contributed by atoms with Crippen LogP contribution >= 0.6 is 11.3 Å². The van der Waals surface area contributed by atoms with Gasteiger partial charge in [-0.3, -0.25) is 0 Å². The van der Waals surface area contributed by atoms with Crippen molar-refractivity contribution in [1.82, 2.24) is 9.47 Å². The molecule has 2 aromatic carbocycles. The minimum absolute atomic E-state index is 0.0550. The molecule has 4 nitrogen and oxygen atoms in total. The van der Waals surface area contributed by atoms with Crippen LogP contribution in [0.2, 0.25) is 0 Å². The molecule has 2 aliphatic rings. The molecule has 0 saturated heterocycles. The van der Waals surface area contributed by atoms with Crippen molar-refractivity contribution >= 4 is 23.1 Å². The number of carbonyl (C=O) groups excluding carboxylic acids is 1. The normalized spacial score (nSPS) is 16.8. The van der Waals surface area contributed by atoms with Crippen LogP contribution in [0.1, 0.15) is 62.8 Å². The van der Waals surface area contributed by atoms with Crippen molar-refractivity contribution in [2.75, 3.05) is 5.32 Å². The van der Waals surface area contributed by atoms with Crippen LogP contribution in [0.3, 0.4) is 0 Å². The number of urea groups is 1. The van der Waals surface area contributed by atoms with E-state index in [1.165, 1.54) is 45.0 Å². The molecule has 1 atom stereocenters. The van der Waals surface area contributed by atoms with Crippen molar-refractivity contribution in [3.8, 4) is 5.00 Å². The average molecular weight is 482 g/mol. The first-order valence-corrected chi connectivity index (χ1v) is 13.3. The van der Waals surface area contributed by atoms with Gasteiger partial charge in [-0.15, -0.1) is 11.3 Å². The fourth-order valence-corrected chi connectivity index (χ4v) is 6.96. The number of aromatic nitrogens is 1. The first-order chi connectivity index (χ1) is 17.0. The van der Waals surface area contributed by atoms with E-state index in [1.54, 1.807) is 0 Å². The van der Waals surface area contributed by atoms with E-state index in [0.717, 1.165) is 35.3 Å². The number of benzene rings is 2. The van der Waals surface area contributed by atoms with Crippen molar-refractivity contribution in [3.63, 3.8) is 0 Å². The molecule has 178 valence electrons. The van der Waals surface area contributed by atoms with Crippen LogP contribution in [0.4, 0.5) is 10.5 Å². The van der Waals surface area contributed by atoms with Gasteiger partial charge in [0.25, 0.3) is 0 Å². The van der Waals surface area contributed by atoms with Crippen LogP contribution in [-0.4, -0.2) is 15.5 Å². The Morgan fingerprint density at radius 1 is 0.943 bits per heavy atom. The van der Waals surface area contributed by atoms with Crippen LogP contribution < -0.4 is 5.32 Å². The highest BCUT2D eigenvalue weighted by atomic mass is 32.1. The standard InChI is InChI=1S/C30H31N3OS/c1-19-13-15-22(16-14-19)28-26-11-7-17-32(26)29-24(23-9-4-5-12-27(23)35-29)18-33(28)30(34)31-25-10-6-8-20(2)21(25)3/h6-8,10-11,13-17,28H,4-5,9,12,18H2,1-3H3,(H,31,34). The minimum atomic E-state index is -0.172. The second-order valence-electron chi connectivity index (χ2n) is 9.92. The molecule has 5 heteroatoms. The van der Waals surface area contributed by atoms with E-state index < -0.39 is 0 Å². The maximum absolute atomic E-state index is 14.1. The molecule has 0 bridgehead atoms. The number of hydrogen-bond acceptors (Lipinski definition) is 2. The fourth-order valence-electron chi connectivity index (χ4n) is 5.56. The van der Waals surface area contributed by atoms with Crippen molar-refractivity contribution in [2.24, 2.45) is 0 Å². The van der Waals surface area contributed by atoms with E-state index in [4.69, 9.17) is 0 Å².